The Bertz CT molecular complexity index is 557. The lowest BCUT2D eigenvalue weighted by Gasteiger charge is -2.47. The lowest BCUT2D eigenvalue weighted by atomic mass is 9.83. The summed E-state index contributed by atoms with van der Waals surface area (Å²) in [6.45, 7) is 0. The summed E-state index contributed by atoms with van der Waals surface area (Å²) < 4.78 is 40.4. The topological polar surface area (TPSA) is 20.3 Å². The van der Waals surface area contributed by atoms with E-state index >= 15 is 0 Å². The molecule has 1 aromatic carbocycles. The highest BCUT2D eigenvalue weighted by molar-refractivity contribution is 9.10. The number of rotatable bonds is 1. The monoisotopic (exact) mass is 361 g/mol. The van der Waals surface area contributed by atoms with Gasteiger partial charge in [-0.1, -0.05) is 15.9 Å². The largest absolute Gasteiger partial charge is 0.418 e. The molecule has 0 amide bonds. The standard InChI is InChI=1S/C15H15BrF3NO/c16-9-4-5-14(13(6-9)15(17,18)19)20-10-2-1-3-11(20)8-12(21)7-10/h4-6,10-11H,1-3,7-8H2. The van der Waals surface area contributed by atoms with Gasteiger partial charge in [-0.25, -0.2) is 0 Å². The zero-order valence-corrected chi connectivity index (χ0v) is 12.9. The molecule has 6 heteroatoms. The Hall–Kier alpha value is -1.04. The predicted octanol–water partition coefficient (Wildman–Crippen LogP) is 4.56. The number of nitrogens with zero attached hydrogens (tertiary/aromatic N) is 1. The quantitative estimate of drug-likeness (QED) is 0.730. The van der Waals surface area contributed by atoms with E-state index in [4.69, 9.17) is 0 Å². The van der Waals surface area contributed by atoms with Gasteiger partial charge in [-0.2, -0.15) is 13.2 Å². The van der Waals surface area contributed by atoms with Gasteiger partial charge in [0.05, 0.1) is 5.56 Å². The summed E-state index contributed by atoms with van der Waals surface area (Å²) in [5.74, 6) is 0.173. The number of anilines is 1. The maximum absolute atomic E-state index is 13.3. The first-order chi connectivity index (χ1) is 9.86. The number of piperidine rings is 2. The number of ketones is 1. The zero-order chi connectivity index (χ0) is 15.2. The molecule has 2 atom stereocenters. The van der Waals surface area contributed by atoms with Gasteiger partial charge < -0.3 is 4.90 Å². The van der Waals surface area contributed by atoms with Gasteiger partial charge in [0.25, 0.3) is 0 Å². The normalized spacial score (nSPS) is 26.1. The number of fused-ring (bicyclic) bond motifs is 2. The van der Waals surface area contributed by atoms with Gasteiger partial charge in [0.15, 0.2) is 0 Å². The summed E-state index contributed by atoms with van der Waals surface area (Å²) in [5.41, 5.74) is -0.406. The number of carbonyl (C=O) groups excluding carboxylic acids is 1. The van der Waals surface area contributed by atoms with E-state index in [-0.39, 0.29) is 23.6 Å². The molecule has 2 unspecified atom stereocenters. The summed E-state index contributed by atoms with van der Waals surface area (Å²) in [4.78, 5) is 13.6. The van der Waals surface area contributed by atoms with Gasteiger partial charge in [-0.05, 0) is 37.5 Å². The van der Waals surface area contributed by atoms with Crippen molar-refractivity contribution in [2.45, 2.75) is 50.4 Å². The van der Waals surface area contributed by atoms with Crippen LogP contribution >= 0.6 is 15.9 Å². The third-order valence-electron chi connectivity index (χ3n) is 4.33. The lowest BCUT2D eigenvalue weighted by molar-refractivity contribution is -0.137. The number of hydrogen-bond donors (Lipinski definition) is 0. The molecule has 2 heterocycles. The minimum absolute atomic E-state index is 0.0905. The van der Waals surface area contributed by atoms with Gasteiger partial charge in [0.2, 0.25) is 0 Å². The number of alkyl halides is 3. The molecule has 2 fully saturated rings. The molecule has 114 valence electrons. The van der Waals surface area contributed by atoms with Crippen molar-refractivity contribution in [3.63, 3.8) is 0 Å². The van der Waals surface area contributed by atoms with Crippen LogP contribution in [0.4, 0.5) is 18.9 Å². The van der Waals surface area contributed by atoms with E-state index < -0.39 is 11.7 Å². The highest BCUT2D eigenvalue weighted by atomic mass is 79.9. The predicted molar refractivity (Wildman–Crippen MR) is 77.3 cm³/mol. The minimum Gasteiger partial charge on any atom is -0.364 e. The highest BCUT2D eigenvalue weighted by Gasteiger charge is 2.42. The lowest BCUT2D eigenvalue weighted by Crippen LogP contribution is -2.53. The molecule has 0 N–H and O–H groups in total. The molecule has 2 aliphatic rings. The Kier molecular flexibility index (Phi) is 3.76. The first-order valence-electron chi connectivity index (χ1n) is 7.03. The van der Waals surface area contributed by atoms with E-state index in [0.717, 1.165) is 25.3 Å². The van der Waals surface area contributed by atoms with Crippen LogP contribution in [0.5, 0.6) is 0 Å². The molecular weight excluding hydrogens is 347 g/mol. The molecule has 3 rings (SSSR count). The van der Waals surface area contributed by atoms with Crippen molar-refractivity contribution in [2.24, 2.45) is 0 Å². The third kappa shape index (κ3) is 2.82. The molecular formula is C15H15BrF3NO. The number of hydrogen-bond acceptors (Lipinski definition) is 2. The number of Topliss-reactive ketones (excluding diaryl/α,β-unsaturated/α-hetero) is 1. The Morgan fingerprint density at radius 2 is 1.76 bits per heavy atom. The van der Waals surface area contributed by atoms with Crippen molar-refractivity contribution in [3.8, 4) is 0 Å². The fourth-order valence-electron chi connectivity index (χ4n) is 3.53. The Balaban J connectivity index is 2.06. The summed E-state index contributed by atoms with van der Waals surface area (Å²) >= 11 is 3.11. The summed E-state index contributed by atoms with van der Waals surface area (Å²) in [5, 5.41) is 0. The van der Waals surface area contributed by atoms with Crippen LogP contribution in [-0.2, 0) is 11.0 Å². The molecule has 0 spiro atoms. The SMILES string of the molecule is O=C1CC2CCCC(C1)N2c1ccc(Br)cc1C(F)(F)F. The van der Waals surface area contributed by atoms with E-state index in [1.54, 1.807) is 6.07 Å². The van der Waals surface area contributed by atoms with Crippen molar-refractivity contribution >= 4 is 27.4 Å². The second-order valence-electron chi connectivity index (χ2n) is 5.75. The number of carbonyl (C=O) groups is 1. The molecule has 0 aromatic heterocycles. The molecule has 2 saturated heterocycles. The Morgan fingerprint density at radius 3 is 2.33 bits per heavy atom. The first-order valence-corrected chi connectivity index (χ1v) is 7.82. The molecule has 2 nitrogen and oxygen atoms in total. The maximum Gasteiger partial charge on any atom is 0.418 e. The van der Waals surface area contributed by atoms with Crippen LogP contribution in [0.2, 0.25) is 0 Å². The van der Waals surface area contributed by atoms with Gasteiger partial charge in [0.1, 0.15) is 5.78 Å². The second kappa shape index (κ2) is 5.30. The fourth-order valence-corrected chi connectivity index (χ4v) is 3.89. The number of halogens is 4. The fraction of sp³-hybridized carbons (Fsp3) is 0.533. The van der Waals surface area contributed by atoms with E-state index in [1.807, 2.05) is 4.90 Å². The van der Waals surface area contributed by atoms with E-state index in [2.05, 4.69) is 15.9 Å². The van der Waals surface area contributed by atoms with Crippen molar-refractivity contribution < 1.29 is 18.0 Å². The van der Waals surface area contributed by atoms with E-state index in [0.29, 0.717) is 17.3 Å². The van der Waals surface area contributed by atoms with E-state index in [1.165, 1.54) is 6.07 Å². The van der Waals surface area contributed by atoms with Gasteiger partial charge in [-0.15, -0.1) is 0 Å². The van der Waals surface area contributed by atoms with Crippen LogP contribution in [0.3, 0.4) is 0 Å². The average Bonchev–Trinajstić information content (AvgIpc) is 2.37. The maximum atomic E-state index is 13.3. The van der Waals surface area contributed by atoms with Gasteiger partial charge in [0, 0.05) is 35.1 Å². The van der Waals surface area contributed by atoms with Crippen LogP contribution in [0.15, 0.2) is 22.7 Å². The van der Waals surface area contributed by atoms with Gasteiger partial charge in [-0.3, -0.25) is 4.79 Å². The molecule has 1 aromatic rings. The zero-order valence-electron chi connectivity index (χ0n) is 11.3. The van der Waals surface area contributed by atoms with Crippen LogP contribution in [0.1, 0.15) is 37.7 Å². The second-order valence-corrected chi connectivity index (χ2v) is 6.67. The Labute approximate surface area is 129 Å². The van der Waals surface area contributed by atoms with Crippen LogP contribution < -0.4 is 4.90 Å². The van der Waals surface area contributed by atoms with Crippen molar-refractivity contribution in [2.75, 3.05) is 4.90 Å². The molecule has 2 bridgehead atoms. The van der Waals surface area contributed by atoms with Crippen molar-refractivity contribution in [1.82, 2.24) is 0 Å². The highest BCUT2D eigenvalue weighted by Crippen LogP contribution is 2.43. The van der Waals surface area contributed by atoms with E-state index in [9.17, 15) is 18.0 Å². The molecule has 0 saturated carbocycles. The molecule has 2 aliphatic heterocycles. The van der Waals surface area contributed by atoms with Crippen LogP contribution in [-0.4, -0.2) is 17.9 Å². The van der Waals surface area contributed by atoms with Crippen LogP contribution in [0.25, 0.3) is 0 Å². The first kappa shape index (κ1) is 14.9. The Morgan fingerprint density at radius 1 is 1.14 bits per heavy atom. The van der Waals surface area contributed by atoms with Crippen LogP contribution in [0, 0.1) is 0 Å². The average molecular weight is 362 g/mol. The smallest absolute Gasteiger partial charge is 0.364 e. The van der Waals surface area contributed by atoms with Crippen molar-refractivity contribution in [3.05, 3.63) is 28.2 Å². The summed E-state index contributed by atoms with van der Waals surface area (Å²) in [6, 6.07) is 4.10. The minimum atomic E-state index is -4.39. The molecule has 21 heavy (non-hydrogen) atoms. The van der Waals surface area contributed by atoms with Gasteiger partial charge >= 0.3 is 6.18 Å². The van der Waals surface area contributed by atoms with Crippen molar-refractivity contribution in [1.29, 1.82) is 0 Å². The number of benzene rings is 1. The molecule has 0 aliphatic carbocycles. The summed E-state index contributed by atoms with van der Waals surface area (Å²) in [7, 11) is 0. The molecule has 0 radical (unpaired) electrons. The summed E-state index contributed by atoms with van der Waals surface area (Å²) in [6.07, 6.45) is -1.11. The third-order valence-corrected chi connectivity index (χ3v) is 4.82.